The van der Waals surface area contributed by atoms with Gasteiger partial charge in [0.25, 0.3) is 0 Å². The van der Waals surface area contributed by atoms with E-state index in [2.05, 4.69) is 5.32 Å². The summed E-state index contributed by atoms with van der Waals surface area (Å²) in [4.78, 5) is 13.5. The van der Waals surface area contributed by atoms with Crippen LogP contribution < -0.4 is 5.32 Å². The summed E-state index contributed by atoms with van der Waals surface area (Å²) in [5.41, 5.74) is 0. The van der Waals surface area contributed by atoms with Crippen LogP contribution in [-0.4, -0.2) is 30.4 Å². The van der Waals surface area contributed by atoms with Crippen LogP contribution in [0.3, 0.4) is 0 Å². The number of nitrogens with one attached hydrogen (secondary N) is 1. The number of hydrogen-bond donors (Lipinski definition) is 1. The third kappa shape index (κ3) is 5.04. The van der Waals surface area contributed by atoms with Crippen LogP contribution in [0.1, 0.15) is 32.4 Å². The molecular weight excluding hydrogens is 216 g/mol. The van der Waals surface area contributed by atoms with Gasteiger partial charge in [-0.3, -0.25) is 4.79 Å². The summed E-state index contributed by atoms with van der Waals surface area (Å²) in [5, 5.41) is 3.25. The maximum absolute atomic E-state index is 11.7. The molecule has 0 aliphatic heterocycles. The fourth-order valence-corrected chi connectivity index (χ4v) is 1.72. The van der Waals surface area contributed by atoms with Gasteiger partial charge in [0.05, 0.1) is 12.8 Å². The number of carbonyl (C=O) groups is 1. The third-order valence-electron chi connectivity index (χ3n) is 2.74. The van der Waals surface area contributed by atoms with Crippen LogP contribution in [0.25, 0.3) is 0 Å². The molecule has 0 aliphatic rings. The van der Waals surface area contributed by atoms with Crippen molar-refractivity contribution in [2.75, 3.05) is 19.6 Å². The quantitative estimate of drug-likeness (QED) is 0.705. The van der Waals surface area contributed by atoms with Crippen LogP contribution in [0.5, 0.6) is 0 Å². The Morgan fingerprint density at radius 1 is 1.41 bits per heavy atom. The van der Waals surface area contributed by atoms with Crippen molar-refractivity contribution in [1.29, 1.82) is 0 Å². The topological polar surface area (TPSA) is 45.5 Å². The van der Waals surface area contributed by atoms with Gasteiger partial charge < -0.3 is 14.6 Å². The van der Waals surface area contributed by atoms with E-state index < -0.39 is 0 Å². The Hall–Kier alpha value is -1.29. The van der Waals surface area contributed by atoms with Gasteiger partial charge >= 0.3 is 0 Å². The summed E-state index contributed by atoms with van der Waals surface area (Å²) < 4.78 is 5.20. The van der Waals surface area contributed by atoms with Crippen LogP contribution >= 0.6 is 0 Å². The zero-order valence-corrected chi connectivity index (χ0v) is 10.7. The van der Waals surface area contributed by atoms with Crippen LogP contribution in [-0.2, 0) is 11.3 Å². The van der Waals surface area contributed by atoms with E-state index in [0.29, 0.717) is 6.42 Å². The van der Waals surface area contributed by atoms with E-state index in [1.807, 2.05) is 30.9 Å². The smallest absolute Gasteiger partial charge is 0.222 e. The third-order valence-corrected chi connectivity index (χ3v) is 2.74. The van der Waals surface area contributed by atoms with Crippen LogP contribution in [0.2, 0.25) is 0 Å². The molecule has 0 fully saturated rings. The fraction of sp³-hybridized carbons (Fsp3) is 0.615. The number of nitrogens with zero attached hydrogens (tertiary/aromatic N) is 1. The monoisotopic (exact) mass is 238 g/mol. The first-order valence-corrected chi connectivity index (χ1v) is 6.28. The Bertz CT molecular complexity index is 305. The summed E-state index contributed by atoms with van der Waals surface area (Å²) in [6.07, 6.45) is 3.16. The Morgan fingerprint density at radius 3 is 2.76 bits per heavy atom. The van der Waals surface area contributed by atoms with Gasteiger partial charge in [-0.2, -0.15) is 0 Å². The zero-order valence-electron chi connectivity index (χ0n) is 10.7. The molecule has 0 atom stereocenters. The first-order chi connectivity index (χ1) is 8.27. The maximum atomic E-state index is 11.7. The minimum absolute atomic E-state index is 0.245. The summed E-state index contributed by atoms with van der Waals surface area (Å²) in [6, 6.07) is 3.81. The van der Waals surface area contributed by atoms with Crippen molar-refractivity contribution in [3.05, 3.63) is 24.2 Å². The molecule has 0 bridgehead atoms. The predicted octanol–water partition coefficient (Wildman–Crippen LogP) is 2.02. The lowest BCUT2D eigenvalue weighted by molar-refractivity contribution is -0.130. The Balaban J connectivity index is 2.05. The second-order valence-corrected chi connectivity index (χ2v) is 3.93. The van der Waals surface area contributed by atoms with Crippen LogP contribution in [0.15, 0.2) is 22.8 Å². The van der Waals surface area contributed by atoms with Gasteiger partial charge in [-0.1, -0.05) is 0 Å². The van der Waals surface area contributed by atoms with Crippen molar-refractivity contribution in [2.45, 2.75) is 33.2 Å². The SMILES string of the molecule is CCN(CC)C(=O)CCCNCc1ccco1. The van der Waals surface area contributed by atoms with Crippen molar-refractivity contribution < 1.29 is 9.21 Å². The molecule has 1 heterocycles. The zero-order chi connectivity index (χ0) is 12.5. The molecule has 1 aromatic rings. The molecule has 0 saturated carbocycles. The van der Waals surface area contributed by atoms with Crippen LogP contribution in [0, 0.1) is 0 Å². The molecule has 0 aliphatic carbocycles. The highest BCUT2D eigenvalue weighted by Crippen LogP contribution is 2.00. The van der Waals surface area contributed by atoms with Gasteiger partial charge in [-0.15, -0.1) is 0 Å². The molecule has 1 aromatic heterocycles. The molecule has 1 rings (SSSR count). The van der Waals surface area contributed by atoms with Crippen LogP contribution in [0.4, 0.5) is 0 Å². The molecule has 1 amide bonds. The van der Waals surface area contributed by atoms with E-state index in [4.69, 9.17) is 4.42 Å². The first-order valence-electron chi connectivity index (χ1n) is 6.28. The molecule has 0 aromatic carbocycles. The predicted molar refractivity (Wildman–Crippen MR) is 67.6 cm³/mol. The normalized spacial score (nSPS) is 10.5. The summed E-state index contributed by atoms with van der Waals surface area (Å²) in [6.45, 7) is 7.19. The van der Waals surface area contributed by atoms with Crippen molar-refractivity contribution in [3.63, 3.8) is 0 Å². The van der Waals surface area contributed by atoms with Gasteiger partial charge in [-0.05, 0) is 38.9 Å². The Labute approximate surface area is 103 Å². The second-order valence-electron chi connectivity index (χ2n) is 3.93. The molecule has 0 unspecified atom stereocenters. The standard InChI is InChI=1S/C13H22N2O2/c1-3-15(4-2)13(16)8-5-9-14-11-12-7-6-10-17-12/h6-7,10,14H,3-5,8-9,11H2,1-2H3. The Kier molecular flexibility index (Phi) is 6.40. The average molecular weight is 238 g/mol. The summed E-state index contributed by atoms with van der Waals surface area (Å²) in [5.74, 6) is 1.18. The molecular formula is C13H22N2O2. The number of amides is 1. The fourth-order valence-electron chi connectivity index (χ4n) is 1.72. The van der Waals surface area contributed by atoms with Crippen molar-refractivity contribution in [1.82, 2.24) is 10.2 Å². The van der Waals surface area contributed by atoms with E-state index in [1.165, 1.54) is 0 Å². The molecule has 17 heavy (non-hydrogen) atoms. The lowest BCUT2D eigenvalue weighted by Gasteiger charge is -2.18. The van der Waals surface area contributed by atoms with Gasteiger partial charge in [-0.25, -0.2) is 0 Å². The molecule has 0 saturated heterocycles. The molecule has 96 valence electrons. The van der Waals surface area contributed by atoms with Gasteiger partial charge in [0.15, 0.2) is 0 Å². The van der Waals surface area contributed by atoms with Crippen molar-refractivity contribution >= 4 is 5.91 Å². The maximum Gasteiger partial charge on any atom is 0.222 e. The minimum atomic E-state index is 0.245. The average Bonchev–Trinajstić information content (AvgIpc) is 2.83. The highest BCUT2D eigenvalue weighted by molar-refractivity contribution is 5.76. The molecule has 0 radical (unpaired) electrons. The van der Waals surface area contributed by atoms with Gasteiger partial charge in [0, 0.05) is 19.5 Å². The van der Waals surface area contributed by atoms with Crippen molar-refractivity contribution in [3.8, 4) is 0 Å². The minimum Gasteiger partial charge on any atom is -0.468 e. The Morgan fingerprint density at radius 2 is 2.18 bits per heavy atom. The summed E-state index contributed by atoms with van der Waals surface area (Å²) >= 11 is 0. The second kappa shape index (κ2) is 7.90. The lowest BCUT2D eigenvalue weighted by atomic mass is 10.2. The largest absolute Gasteiger partial charge is 0.468 e. The van der Waals surface area contributed by atoms with Gasteiger partial charge in [0.2, 0.25) is 5.91 Å². The van der Waals surface area contributed by atoms with E-state index in [1.54, 1.807) is 6.26 Å². The molecule has 0 spiro atoms. The van der Waals surface area contributed by atoms with E-state index in [0.717, 1.165) is 38.4 Å². The van der Waals surface area contributed by atoms with Gasteiger partial charge in [0.1, 0.15) is 5.76 Å². The van der Waals surface area contributed by atoms with E-state index >= 15 is 0 Å². The number of furan rings is 1. The number of carbonyl (C=O) groups excluding carboxylic acids is 1. The highest BCUT2D eigenvalue weighted by atomic mass is 16.3. The number of hydrogen-bond acceptors (Lipinski definition) is 3. The highest BCUT2D eigenvalue weighted by Gasteiger charge is 2.08. The molecule has 1 N–H and O–H groups in total. The number of rotatable bonds is 8. The lowest BCUT2D eigenvalue weighted by Crippen LogP contribution is -2.30. The van der Waals surface area contributed by atoms with Crippen molar-refractivity contribution in [2.24, 2.45) is 0 Å². The molecule has 4 nitrogen and oxygen atoms in total. The summed E-state index contributed by atoms with van der Waals surface area (Å²) in [7, 11) is 0. The van der Waals surface area contributed by atoms with E-state index in [9.17, 15) is 4.79 Å². The first kappa shape index (κ1) is 13.8. The van der Waals surface area contributed by atoms with E-state index in [-0.39, 0.29) is 5.91 Å². The molecule has 4 heteroatoms.